The molecule has 182 valence electrons. The summed E-state index contributed by atoms with van der Waals surface area (Å²) in [6.45, 7) is 4.98. The van der Waals surface area contributed by atoms with E-state index in [9.17, 15) is 9.59 Å². The predicted molar refractivity (Wildman–Crippen MR) is 132 cm³/mol. The van der Waals surface area contributed by atoms with Crippen molar-refractivity contribution in [3.63, 3.8) is 0 Å². The number of hydrogen-bond donors (Lipinski definition) is 0. The summed E-state index contributed by atoms with van der Waals surface area (Å²) in [6.07, 6.45) is 5.68. The molecule has 0 bridgehead atoms. The zero-order valence-corrected chi connectivity index (χ0v) is 20.5. The lowest BCUT2D eigenvalue weighted by atomic mass is 9.75. The summed E-state index contributed by atoms with van der Waals surface area (Å²) in [7, 11) is 2.08. The first-order chi connectivity index (χ1) is 16.4. The minimum absolute atomic E-state index is 0.0998. The Bertz CT molecular complexity index is 971. The summed E-state index contributed by atoms with van der Waals surface area (Å²) >= 11 is 6.13. The molecule has 1 aromatic carbocycles. The SMILES string of the molecule is CN1CCN(C(=O)CC2(COc3cccc(Cl)c3)CCN(C(=O)Cc3cccnc3)CC2)CC1. The largest absolute Gasteiger partial charge is 0.493 e. The number of piperidine rings is 1. The lowest BCUT2D eigenvalue weighted by molar-refractivity contribution is -0.138. The van der Waals surface area contributed by atoms with Crippen LogP contribution in [0.4, 0.5) is 0 Å². The van der Waals surface area contributed by atoms with Crippen LogP contribution in [-0.2, 0) is 16.0 Å². The van der Waals surface area contributed by atoms with Crippen LogP contribution >= 0.6 is 11.6 Å². The molecule has 4 rings (SSSR count). The molecular formula is C26H33ClN4O3. The molecule has 2 amide bonds. The van der Waals surface area contributed by atoms with E-state index < -0.39 is 0 Å². The average molecular weight is 485 g/mol. The highest BCUT2D eigenvalue weighted by molar-refractivity contribution is 6.30. The third-order valence-corrected chi connectivity index (χ3v) is 7.21. The van der Waals surface area contributed by atoms with Gasteiger partial charge in [0.2, 0.25) is 11.8 Å². The molecule has 2 saturated heterocycles. The number of carbonyl (C=O) groups excluding carboxylic acids is 2. The zero-order chi connectivity index (χ0) is 24.0. The zero-order valence-electron chi connectivity index (χ0n) is 19.8. The first-order valence-corrected chi connectivity index (χ1v) is 12.3. The number of pyridine rings is 1. The molecule has 2 fully saturated rings. The summed E-state index contributed by atoms with van der Waals surface area (Å²) in [6, 6.07) is 11.1. The number of likely N-dealkylation sites (tertiary alicyclic amines) is 1. The quantitative estimate of drug-likeness (QED) is 0.604. The predicted octanol–water partition coefficient (Wildman–Crippen LogP) is 3.13. The number of nitrogens with zero attached hydrogens (tertiary/aromatic N) is 4. The minimum Gasteiger partial charge on any atom is -0.493 e. The van der Waals surface area contributed by atoms with Crippen molar-refractivity contribution in [2.24, 2.45) is 5.41 Å². The van der Waals surface area contributed by atoms with E-state index in [0.717, 1.165) is 44.6 Å². The van der Waals surface area contributed by atoms with E-state index >= 15 is 0 Å². The van der Waals surface area contributed by atoms with Gasteiger partial charge in [0.1, 0.15) is 5.75 Å². The van der Waals surface area contributed by atoms with Crippen LogP contribution in [0.1, 0.15) is 24.8 Å². The van der Waals surface area contributed by atoms with Gasteiger partial charge in [-0.15, -0.1) is 0 Å². The van der Waals surface area contributed by atoms with Crippen LogP contribution in [0.25, 0.3) is 0 Å². The molecule has 8 heteroatoms. The summed E-state index contributed by atoms with van der Waals surface area (Å²) in [5, 5.41) is 0.621. The Kier molecular flexibility index (Phi) is 8.06. The number of carbonyl (C=O) groups is 2. The fourth-order valence-corrected chi connectivity index (χ4v) is 4.85. The third-order valence-electron chi connectivity index (χ3n) is 6.98. The molecule has 7 nitrogen and oxygen atoms in total. The number of halogens is 1. The number of rotatable bonds is 7. The number of benzene rings is 1. The summed E-state index contributed by atoms with van der Waals surface area (Å²) in [5.41, 5.74) is 0.604. The molecule has 0 saturated carbocycles. The number of hydrogen-bond acceptors (Lipinski definition) is 5. The maximum absolute atomic E-state index is 13.2. The molecule has 1 aromatic heterocycles. The summed E-state index contributed by atoms with van der Waals surface area (Å²) < 4.78 is 6.15. The summed E-state index contributed by atoms with van der Waals surface area (Å²) in [4.78, 5) is 36.3. The van der Waals surface area contributed by atoms with Crippen molar-refractivity contribution in [2.45, 2.75) is 25.7 Å². The molecule has 2 aliphatic rings. The van der Waals surface area contributed by atoms with E-state index in [1.807, 2.05) is 40.1 Å². The molecule has 2 aliphatic heterocycles. The fourth-order valence-electron chi connectivity index (χ4n) is 4.67. The van der Waals surface area contributed by atoms with Gasteiger partial charge in [0, 0.05) is 68.5 Å². The van der Waals surface area contributed by atoms with Crippen molar-refractivity contribution in [2.75, 3.05) is 52.9 Å². The number of aromatic nitrogens is 1. The molecule has 2 aromatic rings. The van der Waals surface area contributed by atoms with E-state index in [4.69, 9.17) is 16.3 Å². The standard InChI is InChI=1S/C26H33ClN4O3/c1-29-12-14-31(15-13-29)25(33)18-26(20-34-23-6-2-5-22(27)17-23)7-10-30(11-8-26)24(32)16-21-4-3-9-28-19-21/h2-6,9,17,19H,7-8,10-16,18,20H2,1H3. The van der Waals surface area contributed by atoms with Crippen molar-refractivity contribution in [1.29, 1.82) is 0 Å². The van der Waals surface area contributed by atoms with Gasteiger partial charge in [0.05, 0.1) is 13.0 Å². The Hall–Kier alpha value is -2.64. The monoisotopic (exact) mass is 484 g/mol. The molecule has 0 aliphatic carbocycles. The van der Waals surface area contributed by atoms with Crippen molar-refractivity contribution < 1.29 is 14.3 Å². The lowest BCUT2D eigenvalue weighted by Crippen LogP contribution is -2.51. The molecule has 0 spiro atoms. The van der Waals surface area contributed by atoms with Gasteiger partial charge in [0.25, 0.3) is 0 Å². The maximum Gasteiger partial charge on any atom is 0.227 e. The highest BCUT2D eigenvalue weighted by Crippen LogP contribution is 2.37. The van der Waals surface area contributed by atoms with Crippen molar-refractivity contribution in [3.8, 4) is 5.75 Å². The van der Waals surface area contributed by atoms with Gasteiger partial charge < -0.3 is 19.4 Å². The van der Waals surface area contributed by atoms with Gasteiger partial charge in [0.15, 0.2) is 0 Å². The molecule has 3 heterocycles. The number of amides is 2. The van der Waals surface area contributed by atoms with Crippen LogP contribution in [0.3, 0.4) is 0 Å². The average Bonchev–Trinajstić information content (AvgIpc) is 2.84. The number of piperazine rings is 1. The minimum atomic E-state index is -0.312. The molecule has 0 N–H and O–H groups in total. The van der Waals surface area contributed by atoms with Crippen LogP contribution in [0.15, 0.2) is 48.8 Å². The molecule has 0 radical (unpaired) electrons. The van der Waals surface area contributed by atoms with Crippen molar-refractivity contribution in [1.82, 2.24) is 19.7 Å². The van der Waals surface area contributed by atoms with Gasteiger partial charge in [-0.1, -0.05) is 23.7 Å². The Morgan fingerprint density at radius 1 is 1.00 bits per heavy atom. The Labute approximate surface area is 206 Å². The van der Waals surface area contributed by atoms with Crippen molar-refractivity contribution in [3.05, 3.63) is 59.4 Å². The van der Waals surface area contributed by atoms with E-state index in [2.05, 4.69) is 16.9 Å². The number of likely N-dealkylation sites (N-methyl/N-ethyl adjacent to an activating group) is 1. The van der Waals surface area contributed by atoms with Crippen molar-refractivity contribution >= 4 is 23.4 Å². The fraction of sp³-hybridized carbons (Fsp3) is 0.500. The second-order valence-corrected chi connectivity index (χ2v) is 9.96. The van der Waals surface area contributed by atoms with E-state index in [0.29, 0.717) is 43.3 Å². The topological polar surface area (TPSA) is 66.0 Å². The highest BCUT2D eigenvalue weighted by Gasteiger charge is 2.40. The highest BCUT2D eigenvalue weighted by atomic mass is 35.5. The Morgan fingerprint density at radius 3 is 2.41 bits per heavy atom. The van der Waals surface area contributed by atoms with Crippen LogP contribution < -0.4 is 4.74 Å². The van der Waals surface area contributed by atoms with E-state index in [1.165, 1.54) is 0 Å². The molecule has 0 unspecified atom stereocenters. The molecular weight excluding hydrogens is 452 g/mol. The lowest BCUT2D eigenvalue weighted by Gasteiger charge is -2.43. The molecule has 0 atom stereocenters. The number of ether oxygens (including phenoxy) is 1. The second-order valence-electron chi connectivity index (χ2n) is 9.53. The third kappa shape index (κ3) is 6.48. The van der Waals surface area contributed by atoms with E-state index in [1.54, 1.807) is 18.5 Å². The summed E-state index contributed by atoms with van der Waals surface area (Å²) in [5.74, 6) is 0.981. The van der Waals surface area contributed by atoms with Crippen LogP contribution in [0.2, 0.25) is 5.02 Å². The van der Waals surface area contributed by atoms with Gasteiger partial charge >= 0.3 is 0 Å². The smallest absolute Gasteiger partial charge is 0.227 e. The van der Waals surface area contributed by atoms with Crippen LogP contribution in [0, 0.1) is 5.41 Å². The van der Waals surface area contributed by atoms with Crippen LogP contribution in [0.5, 0.6) is 5.75 Å². The van der Waals surface area contributed by atoms with E-state index in [-0.39, 0.29) is 17.2 Å². The van der Waals surface area contributed by atoms with Gasteiger partial charge in [-0.05, 0) is 49.7 Å². The maximum atomic E-state index is 13.2. The first-order valence-electron chi connectivity index (χ1n) is 11.9. The second kappa shape index (κ2) is 11.2. The molecule has 34 heavy (non-hydrogen) atoms. The van der Waals surface area contributed by atoms with Gasteiger partial charge in [-0.2, -0.15) is 0 Å². The Balaban J connectivity index is 1.41. The van der Waals surface area contributed by atoms with Gasteiger partial charge in [-0.25, -0.2) is 0 Å². The first kappa shape index (κ1) is 24.5. The normalized spacial score (nSPS) is 18.5. The van der Waals surface area contributed by atoms with Crippen LogP contribution in [-0.4, -0.2) is 84.4 Å². The van der Waals surface area contributed by atoms with Gasteiger partial charge in [-0.3, -0.25) is 14.6 Å². The Morgan fingerprint density at radius 2 is 1.74 bits per heavy atom.